The van der Waals surface area contributed by atoms with E-state index in [1.54, 1.807) is 6.07 Å². The molecule has 0 saturated heterocycles. The van der Waals surface area contributed by atoms with Crippen LogP contribution >= 0.6 is 0 Å². The summed E-state index contributed by atoms with van der Waals surface area (Å²) in [5.41, 5.74) is 2.70. The highest BCUT2D eigenvalue weighted by atomic mass is 16.5. The molecule has 4 rings (SSSR count). The van der Waals surface area contributed by atoms with E-state index in [1.165, 1.54) is 37.7 Å². The van der Waals surface area contributed by atoms with Gasteiger partial charge in [0.25, 0.3) is 0 Å². The first-order valence-electron chi connectivity index (χ1n) is 9.13. The second-order valence-corrected chi connectivity index (χ2v) is 8.08. The van der Waals surface area contributed by atoms with Gasteiger partial charge in [0.15, 0.2) is 11.5 Å². The van der Waals surface area contributed by atoms with Gasteiger partial charge in [0.1, 0.15) is 0 Å². The van der Waals surface area contributed by atoms with Crippen molar-refractivity contribution < 1.29 is 14.9 Å². The van der Waals surface area contributed by atoms with Crippen LogP contribution in [0.3, 0.4) is 0 Å². The number of rotatable bonds is 1. The maximum absolute atomic E-state index is 10.4. The van der Waals surface area contributed by atoms with Crippen LogP contribution in [0.2, 0.25) is 0 Å². The lowest BCUT2D eigenvalue weighted by molar-refractivity contribution is 0.0753. The van der Waals surface area contributed by atoms with Gasteiger partial charge in [0.05, 0.1) is 6.10 Å². The van der Waals surface area contributed by atoms with E-state index < -0.39 is 0 Å². The van der Waals surface area contributed by atoms with Crippen LogP contribution in [0.25, 0.3) is 0 Å². The average Bonchev–Trinajstić information content (AvgIpc) is 3.20. The van der Waals surface area contributed by atoms with Gasteiger partial charge in [-0.15, -0.1) is 0 Å². The molecule has 4 unspecified atom stereocenters. The van der Waals surface area contributed by atoms with Gasteiger partial charge in [-0.1, -0.05) is 19.4 Å². The van der Waals surface area contributed by atoms with Crippen LogP contribution in [0.1, 0.15) is 62.5 Å². The van der Waals surface area contributed by atoms with E-state index in [1.807, 2.05) is 13.2 Å². The summed E-state index contributed by atoms with van der Waals surface area (Å²) in [4.78, 5) is 0. The Kier molecular flexibility index (Phi) is 3.60. The molecule has 2 N–H and O–H groups in total. The highest BCUT2D eigenvalue weighted by Gasteiger charge is 2.61. The lowest BCUT2D eigenvalue weighted by Gasteiger charge is -2.40. The topological polar surface area (TPSA) is 49.7 Å². The molecule has 0 amide bonds. The zero-order valence-corrected chi connectivity index (χ0v) is 14.2. The molecule has 0 heterocycles. The van der Waals surface area contributed by atoms with Crippen LogP contribution in [0, 0.1) is 17.3 Å². The first-order chi connectivity index (χ1) is 11.1. The molecule has 3 aliphatic rings. The van der Waals surface area contributed by atoms with Gasteiger partial charge >= 0.3 is 0 Å². The van der Waals surface area contributed by atoms with Crippen molar-refractivity contribution in [2.24, 2.45) is 17.3 Å². The molecule has 3 heteroatoms. The van der Waals surface area contributed by atoms with Crippen molar-refractivity contribution in [2.45, 2.75) is 63.9 Å². The van der Waals surface area contributed by atoms with Gasteiger partial charge in [-0.05, 0) is 73.3 Å². The van der Waals surface area contributed by atoms with Crippen molar-refractivity contribution in [3.63, 3.8) is 0 Å². The fourth-order valence-corrected chi connectivity index (χ4v) is 5.82. The highest BCUT2D eigenvalue weighted by molar-refractivity contribution is 5.53. The molecule has 23 heavy (non-hydrogen) atoms. The smallest absolute Gasteiger partial charge is 0.161 e. The molecule has 2 fully saturated rings. The monoisotopic (exact) mass is 316 g/mol. The SMILES string of the molecule is COC1CCCC2CC23Cc2ccc(O)c(O)c2[C@H](C)C3CC1. The summed E-state index contributed by atoms with van der Waals surface area (Å²) in [6, 6.07) is 3.69. The molecule has 1 aromatic carbocycles. The number of methoxy groups -OCH3 is 1. The molecule has 126 valence electrons. The number of phenols is 2. The second kappa shape index (κ2) is 5.41. The van der Waals surface area contributed by atoms with E-state index in [4.69, 9.17) is 4.74 Å². The van der Waals surface area contributed by atoms with Crippen LogP contribution in [0.15, 0.2) is 12.1 Å². The number of phenolic OH excluding ortho intramolecular Hbond substituents is 2. The average molecular weight is 316 g/mol. The summed E-state index contributed by atoms with van der Waals surface area (Å²) in [6.45, 7) is 2.25. The summed E-state index contributed by atoms with van der Waals surface area (Å²) in [7, 11) is 1.84. The molecule has 1 spiro atoms. The van der Waals surface area contributed by atoms with Gasteiger partial charge in [0, 0.05) is 12.7 Å². The largest absolute Gasteiger partial charge is 0.504 e. The van der Waals surface area contributed by atoms with Crippen molar-refractivity contribution in [3.05, 3.63) is 23.3 Å². The number of benzene rings is 1. The maximum atomic E-state index is 10.4. The Morgan fingerprint density at radius 1 is 1.13 bits per heavy atom. The summed E-state index contributed by atoms with van der Waals surface area (Å²) in [5.74, 6) is 1.89. The second-order valence-electron chi connectivity index (χ2n) is 8.08. The maximum Gasteiger partial charge on any atom is 0.161 e. The number of aromatic hydroxyl groups is 2. The third-order valence-electron chi connectivity index (χ3n) is 7.09. The van der Waals surface area contributed by atoms with Crippen molar-refractivity contribution >= 4 is 0 Å². The fourth-order valence-electron chi connectivity index (χ4n) is 5.82. The van der Waals surface area contributed by atoms with Gasteiger partial charge in [-0.25, -0.2) is 0 Å². The molecule has 3 nitrogen and oxygen atoms in total. The molecule has 2 saturated carbocycles. The molecule has 3 aliphatic carbocycles. The molecular formula is C20H28O3. The molecule has 1 aromatic rings. The van der Waals surface area contributed by atoms with Crippen LogP contribution in [-0.2, 0) is 11.2 Å². The Labute approximate surface area is 138 Å². The molecule has 5 atom stereocenters. The standard InChI is InChI=1S/C20H28O3/c1-12-16-8-7-15(23-2)5-3-4-14-11-20(14,16)10-13-6-9-17(21)19(22)18(12)13/h6,9,12,14-16,21-22H,3-5,7-8,10-11H2,1-2H3/t12-,14?,15?,16?,20?/m1/s1. The first-order valence-corrected chi connectivity index (χ1v) is 9.13. The Bertz CT molecular complexity index is 611. The van der Waals surface area contributed by atoms with Crippen LogP contribution < -0.4 is 0 Å². The van der Waals surface area contributed by atoms with E-state index in [9.17, 15) is 10.2 Å². The summed E-state index contributed by atoms with van der Waals surface area (Å²) < 4.78 is 5.67. The van der Waals surface area contributed by atoms with E-state index >= 15 is 0 Å². The van der Waals surface area contributed by atoms with Crippen LogP contribution in [0.5, 0.6) is 11.5 Å². The van der Waals surface area contributed by atoms with Crippen LogP contribution in [0.4, 0.5) is 0 Å². The number of hydrogen-bond donors (Lipinski definition) is 2. The van der Waals surface area contributed by atoms with Crippen molar-refractivity contribution in [2.75, 3.05) is 7.11 Å². The predicted molar refractivity (Wildman–Crippen MR) is 89.8 cm³/mol. The van der Waals surface area contributed by atoms with E-state index in [-0.39, 0.29) is 11.5 Å². The number of fused-ring (bicyclic) bond motifs is 1. The minimum atomic E-state index is 0.0248. The minimum Gasteiger partial charge on any atom is -0.504 e. The molecule has 0 radical (unpaired) electrons. The lowest BCUT2D eigenvalue weighted by Crippen LogP contribution is -2.32. The summed E-state index contributed by atoms with van der Waals surface area (Å²) >= 11 is 0. The number of hydrogen-bond acceptors (Lipinski definition) is 3. The van der Waals surface area contributed by atoms with Crippen molar-refractivity contribution in [1.29, 1.82) is 0 Å². The Hall–Kier alpha value is -1.22. The summed E-state index contributed by atoms with van der Waals surface area (Å²) in [6.07, 6.45) is 8.88. The molecular weight excluding hydrogens is 288 g/mol. The lowest BCUT2D eigenvalue weighted by atomic mass is 9.64. The van der Waals surface area contributed by atoms with Gasteiger partial charge < -0.3 is 14.9 Å². The normalized spacial score (nSPS) is 39.2. The zero-order chi connectivity index (χ0) is 16.2. The molecule has 0 aromatic heterocycles. The quantitative estimate of drug-likeness (QED) is 0.757. The van der Waals surface area contributed by atoms with E-state index in [2.05, 4.69) is 6.92 Å². The summed E-state index contributed by atoms with van der Waals surface area (Å²) in [5, 5.41) is 20.3. The predicted octanol–water partition coefficient (Wildman–Crippen LogP) is 4.36. The van der Waals surface area contributed by atoms with E-state index in [0.717, 1.165) is 24.3 Å². The van der Waals surface area contributed by atoms with Crippen molar-refractivity contribution in [1.82, 2.24) is 0 Å². The van der Waals surface area contributed by atoms with Gasteiger partial charge in [0.2, 0.25) is 0 Å². The Morgan fingerprint density at radius 2 is 1.96 bits per heavy atom. The third kappa shape index (κ3) is 2.27. The van der Waals surface area contributed by atoms with Gasteiger partial charge in [-0.2, -0.15) is 0 Å². The zero-order valence-electron chi connectivity index (χ0n) is 14.2. The fraction of sp³-hybridized carbons (Fsp3) is 0.700. The Balaban J connectivity index is 1.71. The van der Waals surface area contributed by atoms with Crippen LogP contribution in [-0.4, -0.2) is 23.4 Å². The highest BCUT2D eigenvalue weighted by Crippen LogP contribution is 2.69. The molecule has 0 aliphatic heterocycles. The first kappa shape index (κ1) is 15.3. The van der Waals surface area contributed by atoms with Gasteiger partial charge in [-0.3, -0.25) is 0 Å². The van der Waals surface area contributed by atoms with Crippen molar-refractivity contribution in [3.8, 4) is 11.5 Å². The number of ether oxygens (including phenoxy) is 1. The molecule has 0 bridgehead atoms. The Morgan fingerprint density at radius 3 is 2.74 bits per heavy atom. The van der Waals surface area contributed by atoms with E-state index in [0.29, 0.717) is 23.4 Å². The minimum absolute atomic E-state index is 0.0248. The third-order valence-corrected chi connectivity index (χ3v) is 7.09.